The Morgan fingerprint density at radius 3 is 2.60 bits per heavy atom. The smallest absolute Gasteiger partial charge is 0.0620 e. The largest absolute Gasteiger partial charge is 0.315 e. The van der Waals surface area contributed by atoms with E-state index in [1.807, 2.05) is 0 Å². The summed E-state index contributed by atoms with van der Waals surface area (Å²) in [6, 6.07) is 0.564. The molecule has 1 aliphatic heterocycles. The molecule has 1 saturated carbocycles. The molecule has 2 fully saturated rings. The summed E-state index contributed by atoms with van der Waals surface area (Å²) in [6.45, 7) is 2.29. The van der Waals surface area contributed by atoms with Gasteiger partial charge in [-0.15, -0.1) is 0 Å². The van der Waals surface area contributed by atoms with Crippen molar-refractivity contribution < 1.29 is 0 Å². The molecule has 0 aromatic heterocycles. The van der Waals surface area contributed by atoms with E-state index in [1.54, 1.807) is 0 Å². The maximum absolute atomic E-state index is 4.78. The molecule has 1 heterocycles. The topological polar surface area (TPSA) is 24.4 Å². The van der Waals surface area contributed by atoms with Crippen LogP contribution in [0.5, 0.6) is 0 Å². The third kappa shape index (κ3) is 3.94. The van der Waals surface area contributed by atoms with Gasteiger partial charge < -0.3 is 5.32 Å². The van der Waals surface area contributed by atoms with Crippen LogP contribution in [0.3, 0.4) is 0 Å². The Hall–Kier alpha value is -0.370. The lowest BCUT2D eigenvalue weighted by Crippen LogP contribution is -2.23. The second-order valence-electron chi connectivity index (χ2n) is 5.05. The van der Waals surface area contributed by atoms with Crippen LogP contribution < -0.4 is 5.32 Å². The number of nitrogens with zero attached hydrogens (tertiary/aromatic N) is 1. The van der Waals surface area contributed by atoms with E-state index in [2.05, 4.69) is 11.5 Å². The quantitative estimate of drug-likeness (QED) is 0.693. The van der Waals surface area contributed by atoms with Crippen molar-refractivity contribution in [1.29, 1.82) is 0 Å². The fraction of sp³-hybridized carbons (Fsp3) is 0.923. The molecule has 0 bridgehead atoms. The molecule has 1 aliphatic carbocycles. The van der Waals surface area contributed by atoms with Crippen LogP contribution in [0, 0.1) is 5.92 Å². The fourth-order valence-corrected chi connectivity index (χ4v) is 2.65. The Balaban J connectivity index is 1.75. The lowest BCUT2D eigenvalue weighted by atomic mass is 9.90. The van der Waals surface area contributed by atoms with Crippen molar-refractivity contribution in [3.8, 4) is 0 Å². The van der Waals surface area contributed by atoms with Gasteiger partial charge in [0.1, 0.15) is 0 Å². The van der Waals surface area contributed by atoms with Crippen LogP contribution in [0.2, 0.25) is 0 Å². The van der Waals surface area contributed by atoms with Crippen LogP contribution in [-0.4, -0.2) is 25.3 Å². The average molecular weight is 208 g/mol. The third-order valence-electron chi connectivity index (χ3n) is 3.68. The third-order valence-corrected chi connectivity index (χ3v) is 3.68. The molecule has 1 N–H and O–H groups in total. The van der Waals surface area contributed by atoms with Gasteiger partial charge in [-0.05, 0) is 38.1 Å². The second kappa shape index (κ2) is 6.26. The maximum atomic E-state index is 4.78. The van der Waals surface area contributed by atoms with E-state index in [-0.39, 0.29) is 0 Å². The van der Waals surface area contributed by atoms with Crippen molar-refractivity contribution in [2.24, 2.45) is 10.9 Å². The lowest BCUT2D eigenvalue weighted by Gasteiger charge is -2.18. The summed E-state index contributed by atoms with van der Waals surface area (Å²) in [5.41, 5.74) is 0. The molecule has 2 heteroatoms. The van der Waals surface area contributed by atoms with Crippen molar-refractivity contribution in [2.75, 3.05) is 13.1 Å². The van der Waals surface area contributed by atoms with Crippen molar-refractivity contribution in [2.45, 2.75) is 57.4 Å². The van der Waals surface area contributed by atoms with Gasteiger partial charge in [-0.25, -0.2) is 0 Å². The number of hydrogen-bond acceptors (Lipinski definition) is 2. The van der Waals surface area contributed by atoms with E-state index < -0.39 is 0 Å². The normalized spacial score (nSPS) is 30.5. The minimum Gasteiger partial charge on any atom is -0.315 e. The van der Waals surface area contributed by atoms with Gasteiger partial charge in [-0.1, -0.05) is 25.7 Å². The summed E-state index contributed by atoms with van der Waals surface area (Å²) < 4.78 is 0. The molecule has 86 valence electrons. The molecule has 0 radical (unpaired) electrons. The van der Waals surface area contributed by atoms with Gasteiger partial charge in [0.25, 0.3) is 0 Å². The SMILES string of the molecule is C(=N\[C@@H]1CCCCNC1)/C1CCCCC1. The molecule has 2 aliphatic rings. The van der Waals surface area contributed by atoms with Crippen LogP contribution in [0.25, 0.3) is 0 Å². The molecule has 0 aromatic rings. The molecule has 1 atom stereocenters. The van der Waals surface area contributed by atoms with Crippen LogP contribution in [0.15, 0.2) is 4.99 Å². The zero-order valence-electron chi connectivity index (χ0n) is 9.75. The summed E-state index contributed by atoms with van der Waals surface area (Å²) >= 11 is 0. The van der Waals surface area contributed by atoms with Gasteiger partial charge >= 0.3 is 0 Å². The van der Waals surface area contributed by atoms with E-state index in [1.165, 1.54) is 57.9 Å². The van der Waals surface area contributed by atoms with Crippen molar-refractivity contribution in [1.82, 2.24) is 5.32 Å². The molecule has 1 saturated heterocycles. The highest BCUT2D eigenvalue weighted by Gasteiger charge is 2.13. The van der Waals surface area contributed by atoms with E-state index in [0.717, 1.165) is 12.5 Å². The van der Waals surface area contributed by atoms with Crippen molar-refractivity contribution in [3.05, 3.63) is 0 Å². The molecular weight excluding hydrogens is 184 g/mol. The van der Waals surface area contributed by atoms with Gasteiger partial charge in [0.15, 0.2) is 0 Å². The summed E-state index contributed by atoms with van der Waals surface area (Å²) in [6.07, 6.45) is 13.3. The molecule has 0 spiro atoms. The van der Waals surface area contributed by atoms with E-state index in [0.29, 0.717) is 6.04 Å². The zero-order valence-corrected chi connectivity index (χ0v) is 9.75. The Kier molecular flexibility index (Phi) is 4.65. The first-order valence-corrected chi connectivity index (χ1v) is 6.69. The van der Waals surface area contributed by atoms with Crippen molar-refractivity contribution >= 4 is 6.21 Å². The van der Waals surface area contributed by atoms with Crippen LogP contribution in [-0.2, 0) is 0 Å². The monoisotopic (exact) mass is 208 g/mol. The van der Waals surface area contributed by atoms with E-state index in [4.69, 9.17) is 4.99 Å². The number of hydrogen-bond donors (Lipinski definition) is 1. The Labute approximate surface area is 93.6 Å². The Morgan fingerprint density at radius 1 is 0.933 bits per heavy atom. The summed E-state index contributed by atoms with van der Waals surface area (Å²) in [7, 11) is 0. The predicted octanol–water partition coefficient (Wildman–Crippen LogP) is 2.78. The van der Waals surface area contributed by atoms with Gasteiger partial charge in [0.05, 0.1) is 6.04 Å². The first kappa shape index (κ1) is 11.1. The lowest BCUT2D eigenvalue weighted by molar-refractivity contribution is 0.442. The van der Waals surface area contributed by atoms with Gasteiger partial charge in [-0.3, -0.25) is 4.99 Å². The summed E-state index contributed by atoms with van der Waals surface area (Å²) in [5, 5.41) is 3.47. The van der Waals surface area contributed by atoms with Gasteiger partial charge in [0, 0.05) is 12.8 Å². The highest BCUT2D eigenvalue weighted by molar-refractivity contribution is 5.61. The number of nitrogens with one attached hydrogen (secondary N) is 1. The average Bonchev–Trinajstić information content (AvgIpc) is 2.56. The molecule has 0 aromatic carbocycles. The standard InChI is InChI=1S/C13H24N2/c1-2-6-12(7-3-1)10-15-13-8-4-5-9-14-11-13/h10,12-14H,1-9,11H2/b15-10+/t13-/m1/s1. The van der Waals surface area contributed by atoms with E-state index >= 15 is 0 Å². The number of aliphatic imine (C=N–C) groups is 1. The first-order valence-electron chi connectivity index (χ1n) is 6.69. The van der Waals surface area contributed by atoms with Crippen LogP contribution in [0.4, 0.5) is 0 Å². The molecule has 15 heavy (non-hydrogen) atoms. The highest BCUT2D eigenvalue weighted by Crippen LogP contribution is 2.22. The summed E-state index contributed by atoms with van der Waals surface area (Å²) in [4.78, 5) is 4.78. The summed E-state index contributed by atoms with van der Waals surface area (Å²) in [5.74, 6) is 0.794. The maximum Gasteiger partial charge on any atom is 0.0620 e. The number of rotatable bonds is 2. The highest BCUT2D eigenvalue weighted by atomic mass is 14.9. The van der Waals surface area contributed by atoms with Crippen molar-refractivity contribution in [3.63, 3.8) is 0 Å². The second-order valence-corrected chi connectivity index (χ2v) is 5.05. The molecule has 0 amide bonds. The van der Waals surface area contributed by atoms with Crippen LogP contribution >= 0.6 is 0 Å². The molecule has 0 unspecified atom stereocenters. The minimum absolute atomic E-state index is 0.564. The van der Waals surface area contributed by atoms with Gasteiger partial charge in [0.2, 0.25) is 0 Å². The molecule has 2 nitrogen and oxygen atoms in total. The van der Waals surface area contributed by atoms with Crippen LogP contribution in [0.1, 0.15) is 51.4 Å². The predicted molar refractivity (Wildman–Crippen MR) is 65.6 cm³/mol. The molecular formula is C13H24N2. The van der Waals surface area contributed by atoms with Gasteiger partial charge in [-0.2, -0.15) is 0 Å². The Bertz CT molecular complexity index is 187. The fourth-order valence-electron chi connectivity index (χ4n) is 2.65. The van der Waals surface area contributed by atoms with E-state index in [9.17, 15) is 0 Å². The first-order chi connectivity index (χ1) is 7.45. The Morgan fingerprint density at radius 2 is 1.73 bits per heavy atom. The molecule has 2 rings (SSSR count). The zero-order chi connectivity index (χ0) is 10.3. The minimum atomic E-state index is 0.564.